The van der Waals surface area contributed by atoms with Crippen LogP contribution in [0.5, 0.6) is 0 Å². The van der Waals surface area contributed by atoms with E-state index in [-0.39, 0.29) is 0 Å². The van der Waals surface area contributed by atoms with Crippen LogP contribution in [0.1, 0.15) is 0 Å². The molecule has 0 N–H and O–H groups in total. The second kappa shape index (κ2) is 10.9. The third-order valence-corrected chi connectivity index (χ3v) is 8.15. The highest BCUT2D eigenvalue weighted by Gasteiger charge is 2.19. The smallest absolute Gasteiger partial charge is 0.164 e. The Kier molecular flexibility index (Phi) is 6.47. The molecule has 44 heavy (non-hydrogen) atoms. The first-order valence-electron chi connectivity index (χ1n) is 14.4. The average Bonchev–Trinajstić information content (AvgIpc) is 3.50. The quantitative estimate of drug-likeness (QED) is 0.201. The molecule has 0 radical (unpaired) electrons. The Morgan fingerprint density at radius 3 is 1.48 bits per heavy atom. The Bertz CT molecular complexity index is 2260. The molecule has 8 rings (SSSR count). The molecule has 0 aliphatic rings. The maximum absolute atomic E-state index is 6.60. The molecule has 0 atom stereocenters. The standard InChI is InChI=1S/C39H24ClN3O/c40-33-24-23-32(35-31-13-7-8-14-34(31)44-36(33)35)39-42-37(29-11-5-2-6-12-29)41-38(43-39)30-21-19-28(20-22-30)27-17-15-26(16-18-27)25-9-3-1-4-10-25/h1-24H. The van der Waals surface area contributed by atoms with Gasteiger partial charge in [0, 0.05) is 27.5 Å². The van der Waals surface area contributed by atoms with E-state index in [9.17, 15) is 0 Å². The van der Waals surface area contributed by atoms with Gasteiger partial charge in [0.25, 0.3) is 0 Å². The minimum Gasteiger partial charge on any atom is -0.454 e. The lowest BCUT2D eigenvalue weighted by Crippen LogP contribution is -2.00. The summed E-state index contributed by atoms with van der Waals surface area (Å²) in [5.74, 6) is 1.75. The molecular formula is C39H24ClN3O. The Morgan fingerprint density at radius 2 is 0.864 bits per heavy atom. The molecule has 2 heterocycles. The molecule has 0 unspecified atom stereocenters. The lowest BCUT2D eigenvalue weighted by atomic mass is 9.99. The molecular weight excluding hydrogens is 562 g/mol. The van der Waals surface area contributed by atoms with E-state index in [0.717, 1.165) is 44.2 Å². The van der Waals surface area contributed by atoms with Gasteiger partial charge < -0.3 is 4.42 Å². The Labute approximate surface area is 259 Å². The Hall–Kier alpha value is -5.58. The van der Waals surface area contributed by atoms with E-state index in [2.05, 4.69) is 72.8 Å². The molecule has 8 aromatic rings. The van der Waals surface area contributed by atoms with Gasteiger partial charge in [0.05, 0.1) is 5.02 Å². The molecule has 6 aromatic carbocycles. The number of hydrogen-bond acceptors (Lipinski definition) is 4. The summed E-state index contributed by atoms with van der Waals surface area (Å²) in [4.78, 5) is 14.9. The lowest BCUT2D eigenvalue weighted by molar-refractivity contribution is 0.669. The maximum Gasteiger partial charge on any atom is 0.164 e. The molecule has 2 aromatic heterocycles. The molecule has 0 saturated carbocycles. The van der Waals surface area contributed by atoms with Crippen molar-refractivity contribution < 1.29 is 4.42 Å². The molecule has 0 fully saturated rings. The number of para-hydroxylation sites is 1. The van der Waals surface area contributed by atoms with Crippen LogP contribution in [0.25, 0.3) is 78.4 Å². The van der Waals surface area contributed by atoms with Crippen LogP contribution < -0.4 is 0 Å². The summed E-state index contributed by atoms with van der Waals surface area (Å²) in [6.07, 6.45) is 0. The maximum atomic E-state index is 6.60. The van der Waals surface area contributed by atoms with Gasteiger partial charge in [0.1, 0.15) is 5.58 Å². The molecule has 0 amide bonds. The SMILES string of the molecule is Clc1ccc(-c2nc(-c3ccccc3)nc(-c3ccc(-c4ccc(-c5ccccc5)cc4)cc3)n2)c2c1oc1ccccc12. The number of fused-ring (bicyclic) bond motifs is 3. The van der Waals surface area contributed by atoms with Crippen LogP contribution in [0.4, 0.5) is 0 Å². The highest BCUT2D eigenvalue weighted by Crippen LogP contribution is 2.40. The largest absolute Gasteiger partial charge is 0.454 e. The van der Waals surface area contributed by atoms with E-state index in [1.165, 1.54) is 11.1 Å². The number of benzene rings is 6. The van der Waals surface area contributed by atoms with E-state index in [1.54, 1.807) is 0 Å². The third kappa shape index (κ3) is 4.72. The summed E-state index contributed by atoms with van der Waals surface area (Å²) in [5, 5.41) is 2.40. The second-order valence-electron chi connectivity index (χ2n) is 10.6. The van der Waals surface area contributed by atoms with Crippen molar-refractivity contribution in [3.8, 4) is 56.4 Å². The first-order valence-corrected chi connectivity index (χ1v) is 14.8. The summed E-state index contributed by atoms with van der Waals surface area (Å²) in [6, 6.07) is 49.1. The molecule has 0 aliphatic heterocycles. The van der Waals surface area contributed by atoms with Crippen molar-refractivity contribution in [3.05, 3.63) is 151 Å². The monoisotopic (exact) mass is 585 g/mol. The summed E-state index contributed by atoms with van der Waals surface area (Å²) >= 11 is 6.60. The van der Waals surface area contributed by atoms with E-state index >= 15 is 0 Å². The van der Waals surface area contributed by atoms with Gasteiger partial charge in [-0.1, -0.05) is 139 Å². The fraction of sp³-hybridized carbons (Fsp3) is 0. The van der Waals surface area contributed by atoms with Crippen LogP contribution in [0, 0.1) is 0 Å². The number of hydrogen-bond donors (Lipinski definition) is 0. The van der Waals surface area contributed by atoms with Gasteiger partial charge >= 0.3 is 0 Å². The third-order valence-electron chi connectivity index (χ3n) is 7.85. The predicted octanol–water partition coefficient (Wildman–Crippen LogP) is 10.8. The van der Waals surface area contributed by atoms with Gasteiger partial charge in [-0.15, -0.1) is 0 Å². The van der Waals surface area contributed by atoms with E-state index in [0.29, 0.717) is 28.1 Å². The molecule has 5 heteroatoms. The van der Waals surface area contributed by atoms with Crippen molar-refractivity contribution in [3.63, 3.8) is 0 Å². The Balaban J connectivity index is 1.23. The molecule has 0 saturated heterocycles. The van der Waals surface area contributed by atoms with Gasteiger partial charge in [0.2, 0.25) is 0 Å². The molecule has 0 aliphatic carbocycles. The van der Waals surface area contributed by atoms with Crippen LogP contribution >= 0.6 is 11.6 Å². The number of nitrogens with zero attached hydrogens (tertiary/aromatic N) is 3. The van der Waals surface area contributed by atoms with Crippen molar-refractivity contribution in [2.45, 2.75) is 0 Å². The number of rotatable bonds is 5. The van der Waals surface area contributed by atoms with E-state index in [4.69, 9.17) is 31.0 Å². The minimum atomic E-state index is 0.546. The van der Waals surface area contributed by atoms with Crippen LogP contribution in [0.15, 0.2) is 150 Å². The van der Waals surface area contributed by atoms with Crippen molar-refractivity contribution >= 4 is 33.5 Å². The van der Waals surface area contributed by atoms with E-state index < -0.39 is 0 Å². The zero-order valence-electron chi connectivity index (χ0n) is 23.5. The van der Waals surface area contributed by atoms with Gasteiger partial charge in [-0.2, -0.15) is 0 Å². The van der Waals surface area contributed by atoms with Crippen LogP contribution in [-0.4, -0.2) is 15.0 Å². The van der Waals surface area contributed by atoms with Crippen molar-refractivity contribution in [1.29, 1.82) is 0 Å². The summed E-state index contributed by atoms with van der Waals surface area (Å²) in [7, 11) is 0. The lowest BCUT2D eigenvalue weighted by Gasteiger charge is -2.10. The first kappa shape index (κ1) is 26.1. The molecule has 208 valence electrons. The topological polar surface area (TPSA) is 51.8 Å². The Morgan fingerprint density at radius 1 is 0.409 bits per heavy atom. The number of aromatic nitrogens is 3. The second-order valence-corrected chi connectivity index (χ2v) is 11.0. The van der Waals surface area contributed by atoms with Crippen LogP contribution in [0.3, 0.4) is 0 Å². The van der Waals surface area contributed by atoms with Gasteiger partial charge in [0.15, 0.2) is 23.1 Å². The number of furan rings is 1. The summed E-state index contributed by atoms with van der Waals surface area (Å²) in [5.41, 5.74) is 8.70. The number of halogens is 1. The highest BCUT2D eigenvalue weighted by atomic mass is 35.5. The minimum absolute atomic E-state index is 0.546. The van der Waals surface area contributed by atoms with Crippen molar-refractivity contribution in [1.82, 2.24) is 15.0 Å². The van der Waals surface area contributed by atoms with Gasteiger partial charge in [-0.25, -0.2) is 15.0 Å². The normalized spacial score (nSPS) is 11.3. The summed E-state index contributed by atoms with van der Waals surface area (Å²) < 4.78 is 6.16. The highest BCUT2D eigenvalue weighted by molar-refractivity contribution is 6.36. The first-order chi connectivity index (χ1) is 21.7. The summed E-state index contributed by atoms with van der Waals surface area (Å²) in [6.45, 7) is 0. The molecule has 0 bridgehead atoms. The fourth-order valence-corrected chi connectivity index (χ4v) is 5.82. The van der Waals surface area contributed by atoms with Crippen molar-refractivity contribution in [2.24, 2.45) is 0 Å². The van der Waals surface area contributed by atoms with Crippen LogP contribution in [0.2, 0.25) is 5.02 Å². The fourth-order valence-electron chi connectivity index (χ4n) is 5.62. The zero-order valence-corrected chi connectivity index (χ0v) is 24.2. The van der Waals surface area contributed by atoms with Crippen LogP contribution in [-0.2, 0) is 0 Å². The van der Waals surface area contributed by atoms with Gasteiger partial charge in [-0.05, 0) is 40.5 Å². The van der Waals surface area contributed by atoms with Crippen molar-refractivity contribution in [2.75, 3.05) is 0 Å². The molecule has 0 spiro atoms. The van der Waals surface area contributed by atoms with Gasteiger partial charge in [-0.3, -0.25) is 0 Å². The van der Waals surface area contributed by atoms with E-state index in [1.807, 2.05) is 72.8 Å². The predicted molar refractivity (Wildman–Crippen MR) is 179 cm³/mol. The average molecular weight is 586 g/mol. The molecule has 4 nitrogen and oxygen atoms in total. The zero-order chi connectivity index (χ0) is 29.5.